The number of hydrogen-bond donors (Lipinski definition) is 0. The molecule has 2 rings (SSSR count). The molecule has 120 valence electrons. The highest BCUT2D eigenvalue weighted by Crippen LogP contribution is 2.39. The smallest absolute Gasteiger partial charge is 0.414 e. The lowest BCUT2D eigenvalue weighted by Gasteiger charge is -2.35. The Hall–Kier alpha value is -1.40. The van der Waals surface area contributed by atoms with Crippen molar-refractivity contribution in [3.8, 4) is 0 Å². The number of amides is 1. The van der Waals surface area contributed by atoms with Crippen molar-refractivity contribution in [1.82, 2.24) is 4.90 Å². The lowest BCUT2D eigenvalue weighted by atomic mass is 9.96. The van der Waals surface area contributed by atoms with Gasteiger partial charge >= 0.3 is 12.3 Å². The number of halogens is 5. The van der Waals surface area contributed by atoms with Gasteiger partial charge in [0.25, 0.3) is 0 Å². The van der Waals surface area contributed by atoms with E-state index in [1.807, 2.05) is 0 Å². The maximum absolute atomic E-state index is 12.9. The SMILES string of the molecule is COC(=O)N1CC(C(F)(F)F)=CCC1c1ccc(Cl)cc1Cl. The number of benzene rings is 1. The van der Waals surface area contributed by atoms with Crippen molar-refractivity contribution < 1.29 is 22.7 Å². The fourth-order valence-corrected chi connectivity index (χ4v) is 2.85. The fourth-order valence-electron chi connectivity index (χ4n) is 2.32. The van der Waals surface area contributed by atoms with Gasteiger partial charge in [0, 0.05) is 15.6 Å². The summed E-state index contributed by atoms with van der Waals surface area (Å²) in [6.07, 6.45) is -4.26. The summed E-state index contributed by atoms with van der Waals surface area (Å²) in [5.74, 6) is 0. The van der Waals surface area contributed by atoms with E-state index >= 15 is 0 Å². The van der Waals surface area contributed by atoms with E-state index in [0.717, 1.165) is 18.1 Å². The average molecular weight is 354 g/mol. The minimum Gasteiger partial charge on any atom is -0.453 e. The third kappa shape index (κ3) is 3.50. The van der Waals surface area contributed by atoms with E-state index in [-0.39, 0.29) is 11.4 Å². The monoisotopic (exact) mass is 353 g/mol. The summed E-state index contributed by atoms with van der Waals surface area (Å²) in [4.78, 5) is 12.9. The molecule has 0 N–H and O–H groups in total. The number of carbonyl (C=O) groups is 1. The minimum absolute atomic E-state index is 0.00864. The molecule has 1 unspecified atom stereocenters. The number of hydrogen-bond acceptors (Lipinski definition) is 2. The molecule has 1 heterocycles. The van der Waals surface area contributed by atoms with Gasteiger partial charge in [-0.15, -0.1) is 0 Å². The van der Waals surface area contributed by atoms with Crippen LogP contribution in [-0.4, -0.2) is 30.8 Å². The molecule has 3 nitrogen and oxygen atoms in total. The Balaban J connectivity index is 2.40. The second-order valence-corrected chi connectivity index (χ2v) is 5.59. The summed E-state index contributed by atoms with van der Waals surface area (Å²) in [7, 11) is 1.12. The molecule has 0 spiro atoms. The summed E-state index contributed by atoms with van der Waals surface area (Å²) < 4.78 is 43.1. The van der Waals surface area contributed by atoms with E-state index in [9.17, 15) is 18.0 Å². The van der Waals surface area contributed by atoms with Crippen LogP contribution < -0.4 is 0 Å². The molecule has 0 aromatic heterocycles. The van der Waals surface area contributed by atoms with E-state index in [1.54, 1.807) is 12.1 Å². The van der Waals surface area contributed by atoms with Crippen LogP contribution in [-0.2, 0) is 4.74 Å². The Labute approximate surface area is 135 Å². The quantitative estimate of drug-likeness (QED) is 0.665. The molecular formula is C14H12Cl2F3NO2. The summed E-state index contributed by atoms with van der Waals surface area (Å²) in [5, 5.41) is 0.691. The van der Waals surface area contributed by atoms with Gasteiger partial charge in [0.1, 0.15) is 0 Å². The molecular weight excluding hydrogens is 342 g/mol. The van der Waals surface area contributed by atoms with Gasteiger partial charge < -0.3 is 4.74 Å². The van der Waals surface area contributed by atoms with Crippen LogP contribution in [0.3, 0.4) is 0 Å². The van der Waals surface area contributed by atoms with Gasteiger partial charge in [-0.3, -0.25) is 4.90 Å². The Bertz CT molecular complexity index is 617. The second-order valence-electron chi connectivity index (χ2n) is 4.74. The molecule has 22 heavy (non-hydrogen) atoms. The molecule has 8 heteroatoms. The number of carbonyl (C=O) groups excluding carboxylic acids is 1. The van der Waals surface area contributed by atoms with E-state index in [2.05, 4.69) is 4.74 Å². The molecule has 1 aromatic carbocycles. The number of methoxy groups -OCH3 is 1. The van der Waals surface area contributed by atoms with Gasteiger partial charge in [0.05, 0.1) is 19.7 Å². The third-order valence-corrected chi connectivity index (χ3v) is 3.96. The zero-order valence-electron chi connectivity index (χ0n) is 11.5. The number of rotatable bonds is 1. The molecule has 1 aromatic rings. The van der Waals surface area contributed by atoms with Crippen LogP contribution >= 0.6 is 23.2 Å². The van der Waals surface area contributed by atoms with Gasteiger partial charge in [-0.1, -0.05) is 35.3 Å². The molecule has 0 saturated carbocycles. The van der Waals surface area contributed by atoms with E-state index in [4.69, 9.17) is 23.2 Å². The fraction of sp³-hybridized carbons (Fsp3) is 0.357. The first-order chi connectivity index (χ1) is 10.2. The molecule has 1 aliphatic rings. The standard InChI is InChI=1S/C14H12Cl2F3NO2/c1-22-13(21)20-7-8(14(17,18)19)2-5-12(20)10-4-3-9(15)6-11(10)16/h2-4,6,12H,5,7H2,1H3. The highest BCUT2D eigenvalue weighted by molar-refractivity contribution is 6.35. The molecule has 0 fully saturated rings. The van der Waals surface area contributed by atoms with Crippen LogP contribution in [0.5, 0.6) is 0 Å². The second kappa shape index (κ2) is 6.38. The van der Waals surface area contributed by atoms with E-state index in [1.165, 1.54) is 6.07 Å². The van der Waals surface area contributed by atoms with Crippen LogP contribution in [0, 0.1) is 0 Å². The van der Waals surface area contributed by atoms with Crippen molar-refractivity contribution in [1.29, 1.82) is 0 Å². The van der Waals surface area contributed by atoms with E-state index < -0.39 is 30.4 Å². The van der Waals surface area contributed by atoms with Crippen molar-refractivity contribution in [2.24, 2.45) is 0 Å². The first-order valence-corrected chi connectivity index (χ1v) is 7.05. The largest absolute Gasteiger partial charge is 0.453 e. The van der Waals surface area contributed by atoms with Crippen molar-refractivity contribution >= 4 is 29.3 Å². The lowest BCUT2D eigenvalue weighted by Crippen LogP contribution is -2.41. The number of ether oxygens (including phenoxy) is 1. The first kappa shape index (κ1) is 17.0. The zero-order chi connectivity index (χ0) is 16.5. The summed E-state index contributed by atoms with van der Waals surface area (Å²) in [6, 6.07) is 4.01. The average Bonchev–Trinajstić information content (AvgIpc) is 2.45. The van der Waals surface area contributed by atoms with Crippen LogP contribution in [0.4, 0.5) is 18.0 Å². The molecule has 0 aliphatic carbocycles. The molecule has 1 amide bonds. The minimum atomic E-state index is -4.49. The normalized spacial score (nSPS) is 18.9. The van der Waals surface area contributed by atoms with Crippen LogP contribution in [0.1, 0.15) is 18.0 Å². The summed E-state index contributed by atoms with van der Waals surface area (Å²) in [6.45, 7) is -0.584. The summed E-state index contributed by atoms with van der Waals surface area (Å²) in [5.41, 5.74) is -0.256. The van der Waals surface area contributed by atoms with Gasteiger partial charge in [0.15, 0.2) is 0 Å². The predicted molar refractivity (Wildman–Crippen MR) is 77.1 cm³/mol. The van der Waals surface area contributed by atoms with Gasteiger partial charge in [-0.05, 0) is 24.1 Å². The third-order valence-electron chi connectivity index (χ3n) is 3.40. The molecule has 1 atom stereocenters. The van der Waals surface area contributed by atoms with E-state index in [0.29, 0.717) is 10.6 Å². The molecule has 0 saturated heterocycles. The van der Waals surface area contributed by atoms with Gasteiger partial charge in [0.2, 0.25) is 0 Å². The highest BCUT2D eigenvalue weighted by atomic mass is 35.5. The Morgan fingerprint density at radius 1 is 1.36 bits per heavy atom. The number of alkyl halides is 3. The van der Waals surface area contributed by atoms with Crippen LogP contribution in [0.25, 0.3) is 0 Å². The Kier molecular flexibility index (Phi) is 4.92. The lowest BCUT2D eigenvalue weighted by molar-refractivity contribution is -0.0977. The van der Waals surface area contributed by atoms with Crippen LogP contribution in [0.2, 0.25) is 10.0 Å². The first-order valence-electron chi connectivity index (χ1n) is 6.29. The van der Waals surface area contributed by atoms with Crippen molar-refractivity contribution in [2.45, 2.75) is 18.6 Å². The zero-order valence-corrected chi connectivity index (χ0v) is 13.0. The molecule has 0 radical (unpaired) electrons. The van der Waals surface area contributed by atoms with Crippen LogP contribution in [0.15, 0.2) is 29.8 Å². The topological polar surface area (TPSA) is 29.5 Å². The Morgan fingerprint density at radius 3 is 2.59 bits per heavy atom. The molecule has 0 bridgehead atoms. The molecule has 1 aliphatic heterocycles. The van der Waals surface area contributed by atoms with Gasteiger partial charge in [-0.25, -0.2) is 4.79 Å². The summed E-state index contributed by atoms with van der Waals surface area (Å²) >= 11 is 11.9. The predicted octanol–water partition coefficient (Wildman–Crippen LogP) is 5.00. The van der Waals surface area contributed by atoms with Crippen molar-refractivity contribution in [2.75, 3.05) is 13.7 Å². The van der Waals surface area contributed by atoms with Gasteiger partial charge in [-0.2, -0.15) is 13.2 Å². The van der Waals surface area contributed by atoms with Crippen molar-refractivity contribution in [3.05, 3.63) is 45.5 Å². The maximum Gasteiger partial charge on any atom is 0.414 e. The Morgan fingerprint density at radius 2 is 2.05 bits per heavy atom. The maximum atomic E-state index is 12.9. The highest BCUT2D eigenvalue weighted by Gasteiger charge is 2.40. The van der Waals surface area contributed by atoms with Crippen molar-refractivity contribution in [3.63, 3.8) is 0 Å². The number of nitrogens with zero attached hydrogens (tertiary/aromatic N) is 1.